The van der Waals surface area contributed by atoms with E-state index in [0.717, 1.165) is 96.3 Å². The highest BCUT2D eigenvalue weighted by molar-refractivity contribution is 7.47. The summed E-state index contributed by atoms with van der Waals surface area (Å²) in [4.78, 5) is 48.5. The highest BCUT2D eigenvalue weighted by Gasteiger charge is 2.28. The van der Waals surface area contributed by atoms with Crippen LogP contribution in [0.5, 0.6) is 0 Å². The largest absolute Gasteiger partial charge is 0.472 e. The third-order valence-corrected chi connectivity index (χ3v) is 13.7. The van der Waals surface area contributed by atoms with Crippen molar-refractivity contribution in [1.29, 1.82) is 0 Å². The Hall–Kier alpha value is -2.56. The Kier molecular flexibility index (Phi) is 52.7. The Morgan fingerprint density at radius 3 is 1.15 bits per heavy atom. The van der Waals surface area contributed by atoms with E-state index in [0.29, 0.717) is 19.3 Å². The summed E-state index contributed by atoms with van der Waals surface area (Å²) in [6.07, 6.45) is 57.9. The van der Waals surface area contributed by atoms with Gasteiger partial charge >= 0.3 is 25.7 Å². The van der Waals surface area contributed by atoms with Gasteiger partial charge in [0, 0.05) is 19.3 Å². The summed E-state index contributed by atoms with van der Waals surface area (Å²) < 4.78 is 39.5. The summed E-state index contributed by atoms with van der Waals surface area (Å²) in [7, 11) is -4.75. The molecule has 0 fully saturated rings. The lowest BCUT2D eigenvalue weighted by molar-refractivity contribution is -0.161. The van der Waals surface area contributed by atoms with E-state index in [2.05, 4.69) is 69.4 Å². The first-order valence-electron chi connectivity index (χ1n) is 29.5. The van der Waals surface area contributed by atoms with Gasteiger partial charge in [0.05, 0.1) is 19.8 Å². The molecule has 0 heterocycles. The maximum atomic E-state index is 12.9. The number of rotatable bonds is 55. The van der Waals surface area contributed by atoms with E-state index in [1.807, 2.05) is 0 Å². The van der Waals surface area contributed by atoms with Gasteiger partial charge < -0.3 is 24.2 Å². The van der Waals surface area contributed by atoms with Crippen molar-refractivity contribution in [3.05, 3.63) is 48.6 Å². The monoisotopic (exact) mass is 1040 g/mol. The maximum Gasteiger partial charge on any atom is 0.472 e. The summed E-state index contributed by atoms with van der Waals surface area (Å²) >= 11 is 0. The zero-order valence-electron chi connectivity index (χ0n) is 46.4. The van der Waals surface area contributed by atoms with Gasteiger partial charge in [0.25, 0.3) is 0 Å². The Morgan fingerprint density at radius 1 is 0.403 bits per heavy atom. The lowest BCUT2D eigenvalue weighted by Gasteiger charge is -2.21. The smallest absolute Gasteiger partial charge is 0.462 e. The van der Waals surface area contributed by atoms with E-state index in [-0.39, 0.29) is 25.9 Å². The molecule has 0 saturated carbocycles. The summed E-state index contributed by atoms with van der Waals surface area (Å²) in [5, 5.41) is 9.80. The van der Waals surface area contributed by atoms with Gasteiger partial charge in [0.15, 0.2) is 6.10 Å². The molecule has 0 aliphatic carbocycles. The molecule has 0 aromatic carbocycles. The van der Waals surface area contributed by atoms with Gasteiger partial charge in [-0.25, -0.2) is 4.57 Å². The van der Waals surface area contributed by atoms with E-state index in [9.17, 15) is 28.9 Å². The number of phosphoric acid groups is 1. The van der Waals surface area contributed by atoms with Gasteiger partial charge in [0.2, 0.25) is 0 Å². The Balaban J connectivity index is 4.70. The van der Waals surface area contributed by atoms with Crippen LogP contribution in [0, 0.1) is 0 Å². The molecule has 3 atom stereocenters. The van der Waals surface area contributed by atoms with Gasteiger partial charge in [0.1, 0.15) is 12.7 Å². The van der Waals surface area contributed by atoms with Gasteiger partial charge in [-0.1, -0.05) is 230 Å². The van der Waals surface area contributed by atoms with E-state index >= 15 is 0 Å². The number of aliphatic hydroxyl groups excluding tert-OH is 1. The molecule has 0 bridgehead atoms. The summed E-state index contributed by atoms with van der Waals surface area (Å²) in [6.45, 7) is 4.51. The zero-order chi connectivity index (χ0) is 52.7. The minimum atomic E-state index is -4.75. The molecule has 0 rings (SSSR count). The Morgan fingerprint density at radius 2 is 0.722 bits per heavy atom. The van der Waals surface area contributed by atoms with Gasteiger partial charge in [-0.05, 0) is 77.0 Å². The molecular formula is C60H109O11P. The molecule has 0 aliphatic heterocycles. The molecule has 3 unspecified atom stereocenters. The van der Waals surface area contributed by atoms with Crippen molar-refractivity contribution < 1.29 is 52.2 Å². The van der Waals surface area contributed by atoms with Crippen LogP contribution < -0.4 is 0 Å². The zero-order valence-corrected chi connectivity index (χ0v) is 47.3. The number of carbonyl (C=O) groups excluding carboxylic acids is 3. The molecule has 0 aromatic rings. The molecule has 0 spiro atoms. The third-order valence-electron chi connectivity index (χ3n) is 12.7. The van der Waals surface area contributed by atoms with Crippen LogP contribution in [0.2, 0.25) is 0 Å². The number of esters is 3. The minimum absolute atomic E-state index is 0.143. The lowest BCUT2D eigenvalue weighted by atomic mass is 10.0. The number of hydrogen-bond acceptors (Lipinski definition) is 10. The number of phosphoric ester groups is 1. The normalized spacial score (nSPS) is 13.7. The van der Waals surface area contributed by atoms with Crippen molar-refractivity contribution in [3.8, 4) is 0 Å². The average molecular weight is 1040 g/mol. The molecule has 420 valence electrons. The minimum Gasteiger partial charge on any atom is -0.462 e. The van der Waals surface area contributed by atoms with Gasteiger partial charge in [-0.3, -0.25) is 23.4 Å². The number of aliphatic hydroxyl groups is 1. The molecule has 72 heavy (non-hydrogen) atoms. The van der Waals surface area contributed by atoms with Crippen LogP contribution in [0.3, 0.4) is 0 Å². The number of ether oxygens (including phenoxy) is 3. The van der Waals surface area contributed by atoms with Crippen molar-refractivity contribution in [2.45, 2.75) is 290 Å². The Bertz CT molecular complexity index is 1400. The van der Waals surface area contributed by atoms with E-state index < -0.39 is 57.8 Å². The average Bonchev–Trinajstić information content (AvgIpc) is 3.37. The van der Waals surface area contributed by atoms with Crippen molar-refractivity contribution in [2.24, 2.45) is 0 Å². The second-order valence-electron chi connectivity index (χ2n) is 19.8. The molecule has 0 radical (unpaired) electrons. The fourth-order valence-corrected chi connectivity index (χ4v) is 9.03. The lowest BCUT2D eigenvalue weighted by Crippen LogP contribution is -2.30. The predicted molar refractivity (Wildman–Crippen MR) is 298 cm³/mol. The fourth-order valence-electron chi connectivity index (χ4n) is 8.25. The van der Waals surface area contributed by atoms with Crippen LogP contribution >= 0.6 is 7.82 Å². The summed E-state index contributed by atoms with van der Waals surface area (Å²) in [5.41, 5.74) is 0. The highest BCUT2D eigenvalue weighted by Crippen LogP contribution is 2.43. The molecule has 0 aliphatic rings. The van der Waals surface area contributed by atoms with Crippen LogP contribution in [-0.2, 0) is 42.2 Å². The first-order valence-corrected chi connectivity index (χ1v) is 31.0. The van der Waals surface area contributed by atoms with Crippen LogP contribution in [0.25, 0.3) is 0 Å². The maximum absolute atomic E-state index is 12.9. The Labute approximate surface area is 441 Å². The van der Waals surface area contributed by atoms with Gasteiger partial charge in [-0.15, -0.1) is 0 Å². The number of unbranched alkanes of at least 4 members (excludes halogenated alkanes) is 30. The molecule has 12 heteroatoms. The standard InChI is InChI=1S/C60H109O11P/c1-4-7-10-13-16-19-22-25-26-27-28-29-30-33-36-39-42-45-48-51-60(64)71-57(53-67-58(62)49-46-43-40-37-34-31-23-20-17-14-11-8-5-2)55-69-72(65,66)68-54-56(52-61)70-59(63)50-47-44-41-38-35-32-24-21-18-15-12-9-6-3/h9,12,18,20-21,23,32,35,56-57,61H,4-8,10-11,13-17,19,22,24-31,33-34,36-55H2,1-3H3,(H,65,66)/b12-9-,21-18-,23-20-,35-32-. The number of allylic oxidation sites excluding steroid dienone is 8. The molecule has 2 N–H and O–H groups in total. The quantitative estimate of drug-likeness (QED) is 0.0197. The topological polar surface area (TPSA) is 155 Å². The first kappa shape index (κ1) is 69.4. The van der Waals surface area contributed by atoms with E-state index in [1.165, 1.54) is 122 Å². The number of carbonyl (C=O) groups is 3. The molecular weight excluding hydrogens is 928 g/mol. The van der Waals surface area contributed by atoms with Crippen molar-refractivity contribution in [1.82, 2.24) is 0 Å². The summed E-state index contributed by atoms with van der Waals surface area (Å²) in [6, 6.07) is 0. The van der Waals surface area contributed by atoms with Crippen LogP contribution in [0.1, 0.15) is 278 Å². The fraction of sp³-hybridized carbons (Fsp3) is 0.817. The van der Waals surface area contributed by atoms with Crippen molar-refractivity contribution in [2.75, 3.05) is 26.4 Å². The van der Waals surface area contributed by atoms with Crippen LogP contribution in [0.15, 0.2) is 48.6 Å². The van der Waals surface area contributed by atoms with E-state index in [4.69, 9.17) is 23.3 Å². The second kappa shape index (κ2) is 54.7. The molecule has 0 amide bonds. The SMILES string of the molecule is CC/C=C\C/C=C\C/C=C\CCCCCC(=O)OC(CO)COP(=O)(O)OCC(COC(=O)CCCCCCC/C=C\CCCCCC)OC(=O)CCCCCCCCCCCCCCCCCCCCC. The molecule has 0 aromatic heterocycles. The molecule has 0 saturated heterocycles. The van der Waals surface area contributed by atoms with Crippen molar-refractivity contribution >= 4 is 25.7 Å². The third kappa shape index (κ3) is 52.3. The number of hydrogen-bond donors (Lipinski definition) is 2. The van der Waals surface area contributed by atoms with Crippen molar-refractivity contribution in [3.63, 3.8) is 0 Å². The van der Waals surface area contributed by atoms with Gasteiger partial charge in [-0.2, -0.15) is 0 Å². The van der Waals surface area contributed by atoms with Crippen LogP contribution in [0.4, 0.5) is 0 Å². The van der Waals surface area contributed by atoms with E-state index in [1.54, 1.807) is 0 Å². The highest BCUT2D eigenvalue weighted by atomic mass is 31.2. The van der Waals surface area contributed by atoms with Crippen LogP contribution in [-0.4, -0.2) is 66.5 Å². The predicted octanol–water partition coefficient (Wildman–Crippen LogP) is 17.4. The molecule has 11 nitrogen and oxygen atoms in total. The summed E-state index contributed by atoms with van der Waals surface area (Å²) in [5.74, 6) is -1.49. The second-order valence-corrected chi connectivity index (χ2v) is 21.2. The first-order chi connectivity index (χ1) is 35.2.